The quantitative estimate of drug-likeness (QED) is 0.788. The van der Waals surface area contributed by atoms with Crippen molar-refractivity contribution in [3.63, 3.8) is 0 Å². The van der Waals surface area contributed by atoms with E-state index in [-0.39, 0.29) is 23.4 Å². The molecule has 108 valence electrons. The number of benzene rings is 1. The molecule has 0 aromatic heterocycles. The summed E-state index contributed by atoms with van der Waals surface area (Å²) in [7, 11) is 0. The SMILES string of the molecule is NC1CCC(C(=O)Nc2ccc(Br)c(C(=O)O)c2)CC1. The highest BCUT2D eigenvalue weighted by atomic mass is 79.9. The van der Waals surface area contributed by atoms with E-state index in [9.17, 15) is 9.59 Å². The first-order chi connectivity index (χ1) is 9.47. The Labute approximate surface area is 125 Å². The van der Waals surface area contributed by atoms with Crippen LogP contribution in [0.5, 0.6) is 0 Å². The summed E-state index contributed by atoms with van der Waals surface area (Å²) in [5, 5.41) is 11.8. The zero-order chi connectivity index (χ0) is 14.7. The minimum Gasteiger partial charge on any atom is -0.478 e. The van der Waals surface area contributed by atoms with Gasteiger partial charge in [0, 0.05) is 22.1 Å². The van der Waals surface area contributed by atoms with Gasteiger partial charge >= 0.3 is 5.97 Å². The average Bonchev–Trinajstić information content (AvgIpc) is 2.41. The highest BCUT2D eigenvalue weighted by Crippen LogP contribution is 2.26. The van der Waals surface area contributed by atoms with E-state index >= 15 is 0 Å². The lowest BCUT2D eigenvalue weighted by Gasteiger charge is -2.25. The van der Waals surface area contributed by atoms with Gasteiger partial charge in [-0.15, -0.1) is 0 Å². The molecule has 0 bridgehead atoms. The number of halogens is 1. The summed E-state index contributed by atoms with van der Waals surface area (Å²) >= 11 is 3.17. The summed E-state index contributed by atoms with van der Waals surface area (Å²) in [6.07, 6.45) is 3.29. The van der Waals surface area contributed by atoms with Gasteiger partial charge in [-0.2, -0.15) is 0 Å². The molecule has 0 atom stereocenters. The van der Waals surface area contributed by atoms with Crippen LogP contribution >= 0.6 is 15.9 Å². The molecule has 1 aromatic rings. The summed E-state index contributed by atoms with van der Waals surface area (Å²) in [6.45, 7) is 0. The third kappa shape index (κ3) is 3.58. The Morgan fingerprint density at radius 3 is 2.50 bits per heavy atom. The zero-order valence-corrected chi connectivity index (χ0v) is 12.5. The van der Waals surface area contributed by atoms with Crippen molar-refractivity contribution in [2.24, 2.45) is 11.7 Å². The van der Waals surface area contributed by atoms with E-state index in [1.165, 1.54) is 6.07 Å². The largest absolute Gasteiger partial charge is 0.478 e. The Kier molecular flexibility index (Phi) is 4.77. The second-order valence-electron chi connectivity index (χ2n) is 5.10. The van der Waals surface area contributed by atoms with Gasteiger partial charge in [-0.1, -0.05) is 0 Å². The van der Waals surface area contributed by atoms with E-state index in [2.05, 4.69) is 21.2 Å². The molecule has 0 heterocycles. The van der Waals surface area contributed by atoms with Gasteiger partial charge in [0.25, 0.3) is 0 Å². The third-order valence-corrected chi connectivity index (χ3v) is 4.30. The molecule has 0 aliphatic heterocycles. The summed E-state index contributed by atoms with van der Waals surface area (Å²) in [6, 6.07) is 4.96. The molecule has 6 heteroatoms. The van der Waals surface area contributed by atoms with E-state index in [0.717, 1.165) is 25.7 Å². The van der Waals surface area contributed by atoms with E-state index in [0.29, 0.717) is 10.2 Å². The van der Waals surface area contributed by atoms with Crippen LogP contribution in [0.3, 0.4) is 0 Å². The fourth-order valence-corrected chi connectivity index (χ4v) is 2.81. The van der Waals surface area contributed by atoms with Gasteiger partial charge in [-0.25, -0.2) is 4.79 Å². The number of amides is 1. The van der Waals surface area contributed by atoms with Crippen LogP contribution in [0.4, 0.5) is 5.69 Å². The van der Waals surface area contributed by atoms with Crippen LogP contribution in [0.1, 0.15) is 36.0 Å². The molecule has 0 unspecified atom stereocenters. The fourth-order valence-electron chi connectivity index (χ4n) is 2.39. The normalized spacial score (nSPS) is 22.3. The van der Waals surface area contributed by atoms with Crippen molar-refractivity contribution in [3.05, 3.63) is 28.2 Å². The van der Waals surface area contributed by atoms with Gasteiger partial charge in [-0.3, -0.25) is 4.79 Å². The van der Waals surface area contributed by atoms with Crippen molar-refractivity contribution in [3.8, 4) is 0 Å². The Hall–Kier alpha value is -1.40. The number of carboxylic acids is 1. The van der Waals surface area contributed by atoms with Crippen molar-refractivity contribution >= 4 is 33.5 Å². The maximum atomic E-state index is 12.1. The van der Waals surface area contributed by atoms with Gasteiger partial charge in [0.2, 0.25) is 5.91 Å². The van der Waals surface area contributed by atoms with Crippen LogP contribution in [0.2, 0.25) is 0 Å². The summed E-state index contributed by atoms with van der Waals surface area (Å²) in [5.41, 5.74) is 6.46. The summed E-state index contributed by atoms with van der Waals surface area (Å²) < 4.78 is 0.492. The molecule has 1 aromatic carbocycles. The second-order valence-corrected chi connectivity index (χ2v) is 5.96. The van der Waals surface area contributed by atoms with Crippen LogP contribution in [0, 0.1) is 5.92 Å². The van der Waals surface area contributed by atoms with Gasteiger partial charge in [0.15, 0.2) is 0 Å². The topological polar surface area (TPSA) is 92.4 Å². The first-order valence-electron chi connectivity index (χ1n) is 6.56. The first-order valence-corrected chi connectivity index (χ1v) is 7.36. The number of hydrogen-bond donors (Lipinski definition) is 3. The Bertz CT molecular complexity index is 525. The van der Waals surface area contributed by atoms with Crippen molar-refractivity contribution in [1.29, 1.82) is 0 Å². The van der Waals surface area contributed by atoms with Crippen molar-refractivity contribution in [1.82, 2.24) is 0 Å². The molecular formula is C14H17BrN2O3. The number of aromatic carboxylic acids is 1. The highest BCUT2D eigenvalue weighted by molar-refractivity contribution is 9.10. The molecule has 0 spiro atoms. The molecule has 1 aliphatic carbocycles. The van der Waals surface area contributed by atoms with Crippen molar-refractivity contribution in [2.75, 3.05) is 5.32 Å². The van der Waals surface area contributed by atoms with Crippen LogP contribution in [-0.2, 0) is 4.79 Å². The van der Waals surface area contributed by atoms with Gasteiger partial charge in [0.05, 0.1) is 5.56 Å². The highest BCUT2D eigenvalue weighted by Gasteiger charge is 2.24. The van der Waals surface area contributed by atoms with Gasteiger partial charge < -0.3 is 16.2 Å². The van der Waals surface area contributed by atoms with Crippen LogP contribution in [-0.4, -0.2) is 23.0 Å². The maximum absolute atomic E-state index is 12.1. The van der Waals surface area contributed by atoms with E-state index < -0.39 is 5.97 Å². The number of anilines is 1. The predicted molar refractivity (Wildman–Crippen MR) is 79.7 cm³/mol. The molecule has 1 fully saturated rings. The predicted octanol–water partition coefficient (Wildman–Crippen LogP) is 2.60. The summed E-state index contributed by atoms with van der Waals surface area (Å²) in [4.78, 5) is 23.2. The molecule has 0 saturated heterocycles. The van der Waals surface area contributed by atoms with Crippen LogP contribution < -0.4 is 11.1 Å². The molecule has 0 radical (unpaired) electrons. The molecule has 1 saturated carbocycles. The van der Waals surface area contributed by atoms with Gasteiger partial charge in [0.1, 0.15) is 0 Å². The number of rotatable bonds is 3. The third-order valence-electron chi connectivity index (χ3n) is 3.61. The maximum Gasteiger partial charge on any atom is 0.336 e. The lowest BCUT2D eigenvalue weighted by atomic mass is 9.86. The number of nitrogens with two attached hydrogens (primary N) is 1. The number of nitrogens with one attached hydrogen (secondary N) is 1. The fraction of sp³-hybridized carbons (Fsp3) is 0.429. The van der Waals surface area contributed by atoms with E-state index in [4.69, 9.17) is 10.8 Å². The Morgan fingerprint density at radius 1 is 1.25 bits per heavy atom. The average molecular weight is 341 g/mol. The Balaban J connectivity index is 2.04. The first kappa shape index (κ1) is 15.0. The van der Waals surface area contributed by atoms with E-state index in [1.54, 1.807) is 12.1 Å². The smallest absolute Gasteiger partial charge is 0.336 e. The van der Waals surface area contributed by atoms with Gasteiger partial charge in [-0.05, 0) is 59.8 Å². The number of carboxylic acid groups (broad SMARTS) is 1. The standard InChI is InChI=1S/C14H17BrN2O3/c15-12-6-5-10(7-11(12)14(19)20)17-13(18)8-1-3-9(16)4-2-8/h5-9H,1-4,16H2,(H,17,18)(H,19,20). The lowest BCUT2D eigenvalue weighted by molar-refractivity contribution is -0.120. The number of hydrogen-bond acceptors (Lipinski definition) is 3. The molecule has 2 rings (SSSR count). The molecule has 1 aliphatic rings. The molecular weight excluding hydrogens is 324 g/mol. The molecule has 4 N–H and O–H groups in total. The second kappa shape index (κ2) is 6.37. The number of carbonyl (C=O) groups is 2. The molecule has 1 amide bonds. The zero-order valence-electron chi connectivity index (χ0n) is 10.9. The van der Waals surface area contributed by atoms with Crippen molar-refractivity contribution in [2.45, 2.75) is 31.7 Å². The van der Waals surface area contributed by atoms with Crippen LogP contribution in [0.15, 0.2) is 22.7 Å². The number of carbonyl (C=O) groups excluding carboxylic acids is 1. The minimum absolute atomic E-state index is 0.0354. The molecule has 5 nitrogen and oxygen atoms in total. The Morgan fingerprint density at radius 2 is 1.90 bits per heavy atom. The minimum atomic E-state index is -1.03. The molecule has 20 heavy (non-hydrogen) atoms. The monoisotopic (exact) mass is 340 g/mol. The van der Waals surface area contributed by atoms with Crippen LogP contribution in [0.25, 0.3) is 0 Å². The van der Waals surface area contributed by atoms with Crippen molar-refractivity contribution < 1.29 is 14.7 Å². The lowest BCUT2D eigenvalue weighted by Crippen LogP contribution is -2.32. The van der Waals surface area contributed by atoms with E-state index in [1.807, 2.05) is 0 Å². The summed E-state index contributed by atoms with van der Waals surface area (Å²) in [5.74, 6) is -1.13.